The summed E-state index contributed by atoms with van der Waals surface area (Å²) in [6, 6.07) is -0.0405. The van der Waals surface area contributed by atoms with Crippen molar-refractivity contribution in [2.75, 3.05) is 13.6 Å². The number of carbonyl (C=O) groups is 2. The largest absolute Gasteiger partial charge is 0.359 e. The molecule has 0 saturated heterocycles. The minimum Gasteiger partial charge on any atom is -0.359 e. The lowest BCUT2D eigenvalue weighted by Gasteiger charge is -2.07. The zero-order valence-electron chi connectivity index (χ0n) is 7.38. The van der Waals surface area contributed by atoms with Gasteiger partial charge in [-0.15, -0.1) is 0 Å². The molecule has 0 aliphatic carbocycles. The van der Waals surface area contributed by atoms with Gasteiger partial charge in [0.15, 0.2) is 0 Å². The molecule has 1 unspecified atom stereocenters. The van der Waals surface area contributed by atoms with Crippen molar-refractivity contribution in [2.45, 2.75) is 25.3 Å². The summed E-state index contributed by atoms with van der Waals surface area (Å²) in [5.41, 5.74) is 0. The predicted molar refractivity (Wildman–Crippen MR) is 46.8 cm³/mol. The molecule has 0 heterocycles. The highest BCUT2D eigenvalue weighted by Gasteiger charge is 2.01. The van der Waals surface area contributed by atoms with Crippen molar-refractivity contribution in [3.8, 4) is 0 Å². The molecule has 70 valence electrons. The number of hydrogen-bond acceptors (Lipinski definition) is 3. The summed E-state index contributed by atoms with van der Waals surface area (Å²) < 4.78 is 0. The second-order valence-corrected chi connectivity index (χ2v) is 2.60. The van der Waals surface area contributed by atoms with E-state index in [1.54, 1.807) is 7.05 Å². The first-order chi connectivity index (χ1) is 5.85. The molecule has 0 aliphatic heterocycles. The van der Waals surface area contributed by atoms with Gasteiger partial charge in [-0.05, 0) is 26.3 Å². The quantitative estimate of drug-likeness (QED) is 0.390. The summed E-state index contributed by atoms with van der Waals surface area (Å²) in [6.45, 7) is 0.693. The normalized spacial score (nSPS) is 12.1. The highest BCUT2D eigenvalue weighted by molar-refractivity contribution is 5.57. The number of amides is 1. The van der Waals surface area contributed by atoms with Crippen LogP contribution in [-0.4, -0.2) is 32.3 Å². The molecule has 1 atom stereocenters. The zero-order chi connectivity index (χ0) is 9.23. The number of rotatable bonds is 8. The Kier molecular flexibility index (Phi) is 7.58. The minimum atomic E-state index is -0.0405. The Hall–Kier alpha value is -0.900. The van der Waals surface area contributed by atoms with Crippen LogP contribution >= 0.6 is 0 Å². The Labute approximate surface area is 72.7 Å². The van der Waals surface area contributed by atoms with Crippen LogP contribution in [0.2, 0.25) is 0 Å². The lowest BCUT2D eigenvalue weighted by molar-refractivity contribution is -0.110. The molecule has 0 aliphatic rings. The van der Waals surface area contributed by atoms with Crippen molar-refractivity contribution in [2.24, 2.45) is 0 Å². The first kappa shape index (κ1) is 11.1. The van der Waals surface area contributed by atoms with Gasteiger partial charge >= 0.3 is 0 Å². The van der Waals surface area contributed by atoms with Crippen LogP contribution in [0.1, 0.15) is 19.3 Å². The highest BCUT2D eigenvalue weighted by Crippen LogP contribution is 1.97. The van der Waals surface area contributed by atoms with Crippen LogP contribution in [-0.2, 0) is 9.59 Å². The lowest BCUT2D eigenvalue weighted by Crippen LogP contribution is -2.26. The zero-order valence-corrected chi connectivity index (χ0v) is 7.38. The monoisotopic (exact) mass is 172 g/mol. The maximum Gasteiger partial charge on any atom is 0.207 e. The fraction of sp³-hybridized carbons (Fsp3) is 0.750. The van der Waals surface area contributed by atoms with Crippen LogP contribution in [0.15, 0.2) is 0 Å². The summed E-state index contributed by atoms with van der Waals surface area (Å²) in [4.78, 5) is 20.2. The van der Waals surface area contributed by atoms with Gasteiger partial charge in [-0.25, -0.2) is 0 Å². The summed E-state index contributed by atoms with van der Waals surface area (Å²) in [5, 5.41) is 5.45. The van der Waals surface area contributed by atoms with Gasteiger partial charge in [0.2, 0.25) is 6.41 Å². The van der Waals surface area contributed by atoms with Crippen LogP contribution in [0.5, 0.6) is 0 Å². The van der Waals surface area contributed by atoms with Gasteiger partial charge in [-0.2, -0.15) is 0 Å². The van der Waals surface area contributed by atoms with Crippen molar-refractivity contribution in [1.29, 1.82) is 0 Å². The van der Waals surface area contributed by atoms with Crippen LogP contribution in [0.4, 0.5) is 0 Å². The third-order valence-electron chi connectivity index (χ3n) is 1.70. The number of carbonyl (C=O) groups excluding carboxylic acids is 2. The van der Waals surface area contributed by atoms with Gasteiger partial charge in [0, 0.05) is 6.54 Å². The molecule has 12 heavy (non-hydrogen) atoms. The molecule has 0 bridgehead atoms. The van der Waals surface area contributed by atoms with E-state index in [1.807, 2.05) is 0 Å². The van der Waals surface area contributed by atoms with E-state index < -0.39 is 0 Å². The average Bonchev–Trinajstić information content (AvgIpc) is 2.11. The van der Waals surface area contributed by atoms with E-state index in [4.69, 9.17) is 0 Å². The average molecular weight is 172 g/mol. The summed E-state index contributed by atoms with van der Waals surface area (Å²) in [5.74, 6) is 0. The van der Waals surface area contributed by atoms with E-state index in [0.717, 1.165) is 25.5 Å². The number of likely N-dealkylation sites (N-methyl/N-ethyl adjacent to an activating group) is 1. The predicted octanol–water partition coefficient (Wildman–Crippen LogP) is -0.310. The van der Waals surface area contributed by atoms with Crippen molar-refractivity contribution < 1.29 is 9.59 Å². The standard InChI is InChI=1S/C8H16N2O2/c1-9-8(6-11)4-2-3-5-10-7-12/h6-9H,2-5H2,1H3,(H,10,12). The number of nitrogens with one attached hydrogen (secondary N) is 2. The SMILES string of the molecule is CNC(C=O)CCCCNC=O. The fourth-order valence-corrected chi connectivity index (χ4v) is 0.931. The van der Waals surface area contributed by atoms with Gasteiger partial charge in [0.1, 0.15) is 6.29 Å². The molecule has 4 heteroatoms. The van der Waals surface area contributed by atoms with Crippen molar-refractivity contribution in [3.05, 3.63) is 0 Å². The molecular weight excluding hydrogens is 156 g/mol. The molecule has 0 saturated carbocycles. The first-order valence-electron chi connectivity index (χ1n) is 4.14. The van der Waals surface area contributed by atoms with Gasteiger partial charge in [0.25, 0.3) is 0 Å². The Bertz CT molecular complexity index is 128. The van der Waals surface area contributed by atoms with E-state index >= 15 is 0 Å². The maximum absolute atomic E-state index is 10.3. The van der Waals surface area contributed by atoms with E-state index in [1.165, 1.54) is 0 Å². The van der Waals surface area contributed by atoms with Crippen molar-refractivity contribution in [3.63, 3.8) is 0 Å². The molecule has 1 amide bonds. The van der Waals surface area contributed by atoms with E-state index in [-0.39, 0.29) is 6.04 Å². The topological polar surface area (TPSA) is 58.2 Å². The van der Waals surface area contributed by atoms with Crippen molar-refractivity contribution >= 4 is 12.7 Å². The third-order valence-corrected chi connectivity index (χ3v) is 1.70. The summed E-state index contributed by atoms with van der Waals surface area (Å²) in [6.07, 6.45) is 4.30. The van der Waals surface area contributed by atoms with Crippen molar-refractivity contribution in [1.82, 2.24) is 10.6 Å². The van der Waals surface area contributed by atoms with Crippen LogP contribution in [0.25, 0.3) is 0 Å². The van der Waals surface area contributed by atoms with E-state index in [0.29, 0.717) is 13.0 Å². The maximum atomic E-state index is 10.3. The van der Waals surface area contributed by atoms with E-state index in [9.17, 15) is 9.59 Å². The Morgan fingerprint density at radius 3 is 2.58 bits per heavy atom. The second kappa shape index (κ2) is 8.20. The minimum absolute atomic E-state index is 0.0405. The molecule has 0 aromatic rings. The summed E-state index contributed by atoms with van der Waals surface area (Å²) in [7, 11) is 1.77. The number of unbranched alkanes of at least 4 members (excludes halogenated alkanes) is 1. The Balaban J connectivity index is 3.17. The molecule has 0 spiro atoms. The van der Waals surface area contributed by atoms with Crippen LogP contribution in [0, 0.1) is 0 Å². The third kappa shape index (κ3) is 5.85. The molecule has 4 nitrogen and oxygen atoms in total. The number of hydrogen-bond donors (Lipinski definition) is 2. The molecule has 0 aromatic heterocycles. The molecular formula is C8H16N2O2. The molecule has 0 fully saturated rings. The fourth-order valence-electron chi connectivity index (χ4n) is 0.931. The Morgan fingerprint density at radius 2 is 2.08 bits per heavy atom. The van der Waals surface area contributed by atoms with Gasteiger partial charge in [-0.3, -0.25) is 4.79 Å². The van der Waals surface area contributed by atoms with Crippen LogP contribution in [0.3, 0.4) is 0 Å². The van der Waals surface area contributed by atoms with Gasteiger partial charge in [0.05, 0.1) is 6.04 Å². The lowest BCUT2D eigenvalue weighted by atomic mass is 10.1. The van der Waals surface area contributed by atoms with Gasteiger partial charge < -0.3 is 15.4 Å². The molecule has 0 radical (unpaired) electrons. The first-order valence-corrected chi connectivity index (χ1v) is 4.14. The molecule has 0 rings (SSSR count). The van der Waals surface area contributed by atoms with Gasteiger partial charge in [-0.1, -0.05) is 0 Å². The second-order valence-electron chi connectivity index (χ2n) is 2.60. The Morgan fingerprint density at radius 1 is 1.33 bits per heavy atom. The highest BCUT2D eigenvalue weighted by atomic mass is 16.1. The van der Waals surface area contributed by atoms with E-state index in [2.05, 4.69) is 10.6 Å². The molecule has 0 aromatic carbocycles. The number of aldehydes is 1. The molecule has 2 N–H and O–H groups in total. The smallest absolute Gasteiger partial charge is 0.207 e. The van der Waals surface area contributed by atoms with Crippen LogP contribution < -0.4 is 10.6 Å². The summed E-state index contributed by atoms with van der Waals surface area (Å²) >= 11 is 0.